The number of nitrogens with zero attached hydrogens (tertiary/aromatic N) is 1. The van der Waals surface area contributed by atoms with Crippen LogP contribution in [0.4, 0.5) is 5.69 Å². The number of hydrogen-bond donors (Lipinski definition) is 0. The van der Waals surface area contributed by atoms with Gasteiger partial charge in [0, 0.05) is 21.4 Å². The summed E-state index contributed by atoms with van der Waals surface area (Å²) in [5, 5.41) is 0. The Balaban J connectivity index is 1.96. The number of para-hydroxylation sites is 1. The summed E-state index contributed by atoms with van der Waals surface area (Å²) in [4.78, 5) is 4.50. The highest BCUT2D eigenvalue weighted by molar-refractivity contribution is 14.1. The first-order chi connectivity index (χ1) is 9.78. The average Bonchev–Trinajstić information content (AvgIpc) is 2.92. The summed E-state index contributed by atoms with van der Waals surface area (Å²) in [5.74, 6) is 2.13. The molecule has 0 fully saturated rings. The van der Waals surface area contributed by atoms with Gasteiger partial charge in [-0.25, -0.2) is 0 Å². The molecule has 4 nitrogen and oxygen atoms in total. The second kappa shape index (κ2) is 5.70. The quantitative estimate of drug-likeness (QED) is 0.600. The van der Waals surface area contributed by atoms with Crippen molar-refractivity contribution in [2.75, 3.05) is 13.9 Å². The molecule has 0 saturated carbocycles. The Kier molecular flexibility index (Phi) is 3.77. The number of methoxy groups -OCH3 is 1. The zero-order valence-corrected chi connectivity index (χ0v) is 13.0. The van der Waals surface area contributed by atoms with Crippen LogP contribution in [0.3, 0.4) is 0 Å². The molecule has 1 aliphatic rings. The van der Waals surface area contributed by atoms with Gasteiger partial charge in [-0.3, -0.25) is 4.99 Å². The Morgan fingerprint density at radius 3 is 2.70 bits per heavy atom. The Bertz CT molecular complexity index is 670. The lowest BCUT2D eigenvalue weighted by Gasteiger charge is -2.06. The lowest BCUT2D eigenvalue weighted by Crippen LogP contribution is -1.92. The molecule has 0 bridgehead atoms. The van der Waals surface area contributed by atoms with E-state index >= 15 is 0 Å². The van der Waals surface area contributed by atoms with Crippen molar-refractivity contribution in [3.05, 3.63) is 45.5 Å². The summed E-state index contributed by atoms with van der Waals surface area (Å²) in [6.07, 6.45) is 1.78. The molecule has 0 amide bonds. The van der Waals surface area contributed by atoms with E-state index in [2.05, 4.69) is 27.6 Å². The minimum atomic E-state index is 0.246. The van der Waals surface area contributed by atoms with Crippen LogP contribution in [0.5, 0.6) is 17.2 Å². The maximum Gasteiger partial charge on any atom is 0.231 e. The maximum atomic E-state index is 5.37. The molecule has 0 aliphatic carbocycles. The zero-order valence-electron chi connectivity index (χ0n) is 10.8. The summed E-state index contributed by atoms with van der Waals surface area (Å²) >= 11 is 2.26. The van der Waals surface area contributed by atoms with E-state index in [0.717, 1.165) is 20.6 Å². The van der Waals surface area contributed by atoms with Gasteiger partial charge in [-0.2, -0.15) is 0 Å². The van der Waals surface area contributed by atoms with Crippen LogP contribution >= 0.6 is 22.6 Å². The molecule has 0 saturated heterocycles. The second-order valence-corrected chi connectivity index (χ2v) is 5.32. The van der Waals surface area contributed by atoms with Gasteiger partial charge in [-0.15, -0.1) is 0 Å². The second-order valence-electron chi connectivity index (χ2n) is 4.16. The van der Waals surface area contributed by atoms with Crippen LogP contribution < -0.4 is 14.2 Å². The van der Waals surface area contributed by atoms with Crippen LogP contribution in [0.15, 0.2) is 41.4 Å². The van der Waals surface area contributed by atoms with E-state index in [0.29, 0.717) is 11.5 Å². The molecule has 0 radical (unpaired) electrons. The van der Waals surface area contributed by atoms with Gasteiger partial charge in [0.05, 0.1) is 12.8 Å². The Morgan fingerprint density at radius 2 is 1.95 bits per heavy atom. The van der Waals surface area contributed by atoms with Crippen molar-refractivity contribution in [3.8, 4) is 17.2 Å². The van der Waals surface area contributed by atoms with Crippen LogP contribution in [0.25, 0.3) is 0 Å². The molecule has 1 heterocycles. The SMILES string of the molecule is COc1cc2c(cc1C=Nc1ccccc1I)OCO2. The van der Waals surface area contributed by atoms with Crippen LogP contribution in [0.2, 0.25) is 0 Å². The highest BCUT2D eigenvalue weighted by Gasteiger charge is 2.16. The fourth-order valence-corrected chi connectivity index (χ4v) is 2.44. The number of ether oxygens (including phenoxy) is 3. The summed E-state index contributed by atoms with van der Waals surface area (Å²) in [7, 11) is 1.63. The van der Waals surface area contributed by atoms with Gasteiger partial charge in [0.1, 0.15) is 5.75 Å². The molecule has 0 atom stereocenters. The normalized spacial score (nSPS) is 12.9. The van der Waals surface area contributed by atoms with Crippen molar-refractivity contribution in [1.29, 1.82) is 0 Å². The van der Waals surface area contributed by atoms with Crippen molar-refractivity contribution >= 4 is 34.5 Å². The van der Waals surface area contributed by atoms with Crippen molar-refractivity contribution in [3.63, 3.8) is 0 Å². The summed E-state index contributed by atoms with van der Waals surface area (Å²) < 4.78 is 17.2. The fraction of sp³-hybridized carbons (Fsp3) is 0.133. The van der Waals surface area contributed by atoms with E-state index < -0.39 is 0 Å². The van der Waals surface area contributed by atoms with Crippen LogP contribution in [-0.2, 0) is 0 Å². The monoisotopic (exact) mass is 381 g/mol. The van der Waals surface area contributed by atoms with Crippen LogP contribution in [-0.4, -0.2) is 20.1 Å². The Hall–Kier alpha value is -1.76. The van der Waals surface area contributed by atoms with E-state index in [9.17, 15) is 0 Å². The van der Waals surface area contributed by atoms with Crippen LogP contribution in [0.1, 0.15) is 5.56 Å². The lowest BCUT2D eigenvalue weighted by molar-refractivity contribution is 0.174. The molecule has 2 aromatic rings. The standard InChI is InChI=1S/C15H12INO3/c1-18-13-7-15-14(19-9-20-15)6-10(13)8-17-12-5-3-2-4-11(12)16/h2-8H,9H2,1H3. The molecular formula is C15H12INO3. The number of rotatable bonds is 3. The molecule has 102 valence electrons. The number of fused-ring (bicyclic) bond motifs is 1. The van der Waals surface area contributed by atoms with Gasteiger partial charge in [-0.05, 0) is 40.8 Å². The van der Waals surface area contributed by atoms with Gasteiger partial charge in [-0.1, -0.05) is 12.1 Å². The number of benzene rings is 2. The average molecular weight is 381 g/mol. The Labute approximate surface area is 130 Å². The third-order valence-electron chi connectivity index (χ3n) is 2.92. The van der Waals surface area contributed by atoms with Crippen molar-refractivity contribution in [2.24, 2.45) is 4.99 Å². The molecule has 1 aliphatic heterocycles. The van der Waals surface area contributed by atoms with Crippen molar-refractivity contribution < 1.29 is 14.2 Å². The molecule has 5 heteroatoms. The summed E-state index contributed by atoms with van der Waals surface area (Å²) in [5.41, 5.74) is 1.78. The van der Waals surface area contributed by atoms with Crippen LogP contribution in [0, 0.1) is 3.57 Å². The van der Waals surface area contributed by atoms with E-state index in [1.54, 1.807) is 13.3 Å². The van der Waals surface area contributed by atoms with Gasteiger partial charge in [0.25, 0.3) is 0 Å². The van der Waals surface area contributed by atoms with Gasteiger partial charge < -0.3 is 14.2 Å². The Morgan fingerprint density at radius 1 is 1.20 bits per heavy atom. The zero-order chi connectivity index (χ0) is 13.9. The highest BCUT2D eigenvalue weighted by Crippen LogP contribution is 2.37. The number of aliphatic imine (C=N–C) groups is 1. The van der Waals surface area contributed by atoms with E-state index in [4.69, 9.17) is 14.2 Å². The summed E-state index contributed by atoms with van der Waals surface area (Å²) in [6, 6.07) is 11.6. The number of halogens is 1. The van der Waals surface area contributed by atoms with Gasteiger partial charge >= 0.3 is 0 Å². The maximum absolute atomic E-state index is 5.37. The largest absolute Gasteiger partial charge is 0.496 e. The smallest absolute Gasteiger partial charge is 0.231 e. The van der Waals surface area contributed by atoms with E-state index in [1.807, 2.05) is 36.4 Å². The van der Waals surface area contributed by atoms with Crippen molar-refractivity contribution in [1.82, 2.24) is 0 Å². The predicted octanol–water partition coefficient (Wildman–Crippen LogP) is 3.78. The highest BCUT2D eigenvalue weighted by atomic mass is 127. The molecule has 0 spiro atoms. The molecule has 0 aromatic heterocycles. The predicted molar refractivity (Wildman–Crippen MR) is 85.5 cm³/mol. The van der Waals surface area contributed by atoms with Gasteiger partial charge in [0.2, 0.25) is 6.79 Å². The van der Waals surface area contributed by atoms with E-state index in [1.165, 1.54) is 0 Å². The molecule has 2 aromatic carbocycles. The topological polar surface area (TPSA) is 40.0 Å². The first-order valence-corrected chi connectivity index (χ1v) is 7.12. The lowest BCUT2D eigenvalue weighted by atomic mass is 10.2. The molecule has 3 rings (SSSR count). The minimum Gasteiger partial charge on any atom is -0.496 e. The van der Waals surface area contributed by atoms with Gasteiger partial charge in [0.15, 0.2) is 11.5 Å². The first-order valence-electron chi connectivity index (χ1n) is 6.04. The third kappa shape index (κ3) is 2.58. The van der Waals surface area contributed by atoms with E-state index in [-0.39, 0.29) is 6.79 Å². The third-order valence-corrected chi connectivity index (χ3v) is 3.83. The summed E-state index contributed by atoms with van der Waals surface area (Å²) in [6.45, 7) is 0.246. The molecular weight excluding hydrogens is 369 g/mol. The van der Waals surface area contributed by atoms with Crippen molar-refractivity contribution in [2.45, 2.75) is 0 Å². The molecule has 0 N–H and O–H groups in total. The molecule has 0 unspecified atom stereocenters. The minimum absolute atomic E-state index is 0.246. The number of hydrogen-bond acceptors (Lipinski definition) is 4. The first kappa shape index (κ1) is 13.2. The molecule has 20 heavy (non-hydrogen) atoms. The fourth-order valence-electron chi connectivity index (χ4n) is 1.91.